The normalized spacial score (nSPS) is 14.8. The van der Waals surface area contributed by atoms with Gasteiger partial charge in [0, 0.05) is 21.2 Å². The summed E-state index contributed by atoms with van der Waals surface area (Å²) in [6.45, 7) is 1.39. The van der Waals surface area contributed by atoms with Crippen LogP contribution in [0.5, 0.6) is 11.5 Å². The van der Waals surface area contributed by atoms with Gasteiger partial charge < -0.3 is 9.47 Å². The monoisotopic (exact) mass is 376 g/mol. The molecule has 0 spiro atoms. The Morgan fingerprint density at radius 2 is 2.17 bits per heavy atom. The Balaban J connectivity index is 2.39. The van der Waals surface area contributed by atoms with Gasteiger partial charge in [0.05, 0.1) is 7.11 Å². The van der Waals surface area contributed by atoms with Crippen molar-refractivity contribution in [3.63, 3.8) is 0 Å². The molecule has 0 amide bonds. The molecule has 3 nitrogen and oxygen atoms in total. The van der Waals surface area contributed by atoms with Crippen LogP contribution in [0.25, 0.3) is 4.91 Å². The first-order valence-corrected chi connectivity index (χ1v) is 7.56. The van der Waals surface area contributed by atoms with Gasteiger partial charge in [-0.15, -0.1) is 11.8 Å². The number of allylic oxidation sites excluding steroid dienone is 1. The van der Waals surface area contributed by atoms with Gasteiger partial charge >= 0.3 is 5.97 Å². The van der Waals surface area contributed by atoms with Gasteiger partial charge in [-0.05, 0) is 52.8 Å². The van der Waals surface area contributed by atoms with Crippen molar-refractivity contribution in [3.05, 3.63) is 27.3 Å². The van der Waals surface area contributed by atoms with Crippen molar-refractivity contribution in [1.82, 2.24) is 0 Å². The molecule has 1 aromatic carbocycles. The van der Waals surface area contributed by atoms with E-state index in [-0.39, 0.29) is 5.97 Å². The standard InChI is InChI=1S/C13H13IO3S/c1-8(15)17-12-7-9(3-4-11(12)16-2)13-10(14)5-6-18-13/h3-4,7H,5-6H2,1-2H3. The lowest BCUT2D eigenvalue weighted by atomic mass is 10.1. The van der Waals surface area contributed by atoms with Crippen LogP contribution in [0.4, 0.5) is 0 Å². The highest BCUT2D eigenvalue weighted by molar-refractivity contribution is 14.1. The zero-order chi connectivity index (χ0) is 13.1. The number of halogens is 1. The quantitative estimate of drug-likeness (QED) is 0.456. The molecule has 0 fully saturated rings. The summed E-state index contributed by atoms with van der Waals surface area (Å²) >= 11 is 4.21. The van der Waals surface area contributed by atoms with Crippen molar-refractivity contribution in [3.8, 4) is 11.5 Å². The third-order valence-corrected chi connectivity index (χ3v) is 5.12. The van der Waals surface area contributed by atoms with Gasteiger partial charge in [0.15, 0.2) is 11.5 Å². The summed E-state index contributed by atoms with van der Waals surface area (Å²) in [7, 11) is 1.56. The fourth-order valence-corrected chi connectivity index (χ4v) is 4.20. The lowest BCUT2D eigenvalue weighted by molar-refractivity contribution is -0.132. The first-order chi connectivity index (χ1) is 8.61. The average molecular weight is 376 g/mol. The Labute approximate surface area is 124 Å². The highest BCUT2D eigenvalue weighted by Crippen LogP contribution is 2.44. The van der Waals surface area contributed by atoms with Crippen molar-refractivity contribution in [1.29, 1.82) is 0 Å². The fraction of sp³-hybridized carbons (Fsp3) is 0.308. The number of ether oxygens (including phenoxy) is 2. The highest BCUT2D eigenvalue weighted by Gasteiger charge is 2.17. The Bertz CT molecular complexity index is 511. The number of esters is 1. The molecule has 0 aliphatic carbocycles. The van der Waals surface area contributed by atoms with Crippen LogP contribution in [0.3, 0.4) is 0 Å². The molecule has 0 atom stereocenters. The molecule has 5 heteroatoms. The van der Waals surface area contributed by atoms with Crippen molar-refractivity contribution >= 4 is 45.2 Å². The minimum Gasteiger partial charge on any atom is -0.493 e. The topological polar surface area (TPSA) is 35.5 Å². The maximum atomic E-state index is 11.1. The number of thioether (sulfide) groups is 1. The summed E-state index contributed by atoms with van der Waals surface area (Å²) in [5, 5.41) is 0. The van der Waals surface area contributed by atoms with Crippen molar-refractivity contribution < 1.29 is 14.3 Å². The van der Waals surface area contributed by atoms with Gasteiger partial charge in [-0.25, -0.2) is 0 Å². The minimum absolute atomic E-state index is 0.340. The number of carbonyl (C=O) groups is 1. The molecule has 1 aliphatic heterocycles. The summed E-state index contributed by atoms with van der Waals surface area (Å²) in [6, 6.07) is 5.70. The lowest BCUT2D eigenvalue weighted by Crippen LogP contribution is -2.03. The van der Waals surface area contributed by atoms with Gasteiger partial charge in [-0.2, -0.15) is 0 Å². The van der Waals surface area contributed by atoms with E-state index in [1.165, 1.54) is 15.4 Å². The number of hydrogen-bond donors (Lipinski definition) is 0. The van der Waals surface area contributed by atoms with Crippen LogP contribution in [0.2, 0.25) is 0 Å². The molecule has 1 aliphatic rings. The van der Waals surface area contributed by atoms with Gasteiger partial charge in [0.2, 0.25) is 0 Å². The van der Waals surface area contributed by atoms with Crippen molar-refractivity contribution in [2.75, 3.05) is 12.9 Å². The molecule has 0 bridgehead atoms. The molecule has 2 rings (SSSR count). The zero-order valence-corrected chi connectivity index (χ0v) is 13.1. The van der Waals surface area contributed by atoms with Crippen LogP contribution in [-0.4, -0.2) is 18.8 Å². The Morgan fingerprint density at radius 1 is 1.39 bits per heavy atom. The van der Waals surface area contributed by atoms with E-state index in [0.29, 0.717) is 11.5 Å². The fourth-order valence-electron chi connectivity index (χ4n) is 1.73. The maximum absolute atomic E-state index is 11.1. The Morgan fingerprint density at radius 3 is 2.72 bits per heavy atom. The summed E-state index contributed by atoms with van der Waals surface area (Å²) in [6.07, 6.45) is 1.11. The SMILES string of the molecule is COc1ccc(C2=C(I)CCS2)cc1OC(C)=O. The number of benzene rings is 1. The summed E-state index contributed by atoms with van der Waals surface area (Å²) in [4.78, 5) is 12.4. The van der Waals surface area contributed by atoms with Gasteiger partial charge in [0.25, 0.3) is 0 Å². The largest absolute Gasteiger partial charge is 0.493 e. The molecule has 96 valence electrons. The van der Waals surface area contributed by atoms with E-state index in [9.17, 15) is 4.79 Å². The first-order valence-electron chi connectivity index (χ1n) is 5.50. The predicted octanol–water partition coefficient (Wildman–Crippen LogP) is 3.86. The molecule has 1 aromatic rings. The van der Waals surface area contributed by atoms with E-state index in [2.05, 4.69) is 22.6 Å². The van der Waals surface area contributed by atoms with E-state index in [4.69, 9.17) is 9.47 Å². The number of carbonyl (C=O) groups excluding carboxylic acids is 1. The van der Waals surface area contributed by atoms with Crippen LogP contribution in [0, 0.1) is 0 Å². The first kappa shape index (κ1) is 13.7. The number of methoxy groups -OCH3 is 1. The third-order valence-electron chi connectivity index (χ3n) is 2.49. The Kier molecular flexibility index (Phi) is 4.55. The van der Waals surface area contributed by atoms with E-state index in [1.807, 2.05) is 30.0 Å². The summed E-state index contributed by atoms with van der Waals surface area (Å²) < 4.78 is 11.7. The third kappa shape index (κ3) is 3.00. The zero-order valence-electron chi connectivity index (χ0n) is 10.2. The summed E-state index contributed by atoms with van der Waals surface area (Å²) in [5.74, 6) is 1.83. The van der Waals surface area contributed by atoms with Crippen LogP contribution >= 0.6 is 34.4 Å². The molecular formula is C13H13IO3S. The molecule has 1 heterocycles. The summed E-state index contributed by atoms with van der Waals surface area (Å²) in [5.41, 5.74) is 1.08. The van der Waals surface area contributed by atoms with Gasteiger partial charge in [-0.1, -0.05) is 0 Å². The molecule has 0 unspecified atom stereocenters. The highest BCUT2D eigenvalue weighted by atomic mass is 127. The van der Waals surface area contributed by atoms with Crippen LogP contribution in [0.1, 0.15) is 18.9 Å². The second kappa shape index (κ2) is 5.97. The number of rotatable bonds is 3. The molecule has 0 N–H and O–H groups in total. The van der Waals surface area contributed by atoms with E-state index in [1.54, 1.807) is 7.11 Å². The minimum atomic E-state index is -0.340. The van der Waals surface area contributed by atoms with Gasteiger partial charge in [0.1, 0.15) is 0 Å². The molecule has 0 saturated heterocycles. The van der Waals surface area contributed by atoms with Crippen LogP contribution in [0.15, 0.2) is 21.8 Å². The average Bonchev–Trinajstić information content (AvgIpc) is 2.74. The van der Waals surface area contributed by atoms with E-state index >= 15 is 0 Å². The molecular weight excluding hydrogens is 363 g/mol. The molecule has 18 heavy (non-hydrogen) atoms. The second-order valence-electron chi connectivity index (χ2n) is 3.79. The van der Waals surface area contributed by atoms with E-state index in [0.717, 1.165) is 17.7 Å². The molecule has 0 saturated carbocycles. The van der Waals surface area contributed by atoms with Crippen molar-refractivity contribution in [2.24, 2.45) is 0 Å². The Hall–Kier alpha value is -0.690. The van der Waals surface area contributed by atoms with Crippen LogP contribution < -0.4 is 9.47 Å². The van der Waals surface area contributed by atoms with Gasteiger partial charge in [-0.3, -0.25) is 4.79 Å². The lowest BCUT2D eigenvalue weighted by Gasteiger charge is -2.10. The molecule has 0 aromatic heterocycles. The molecule has 0 radical (unpaired) electrons. The smallest absolute Gasteiger partial charge is 0.308 e. The maximum Gasteiger partial charge on any atom is 0.308 e. The second-order valence-corrected chi connectivity index (χ2v) is 6.20. The van der Waals surface area contributed by atoms with Crippen molar-refractivity contribution in [2.45, 2.75) is 13.3 Å². The number of hydrogen-bond acceptors (Lipinski definition) is 4. The predicted molar refractivity (Wildman–Crippen MR) is 82.3 cm³/mol. The van der Waals surface area contributed by atoms with E-state index < -0.39 is 0 Å². The van der Waals surface area contributed by atoms with Crippen LogP contribution in [-0.2, 0) is 4.79 Å².